The van der Waals surface area contributed by atoms with Gasteiger partial charge in [0.1, 0.15) is 5.82 Å². The summed E-state index contributed by atoms with van der Waals surface area (Å²) in [6, 6.07) is 15.3. The molecule has 2 aromatic carbocycles. The molecule has 0 spiro atoms. The fraction of sp³-hybridized carbons (Fsp3) is 0.167. The topological polar surface area (TPSA) is 91.2 Å². The molecule has 0 saturated heterocycles. The van der Waals surface area contributed by atoms with E-state index >= 15 is 0 Å². The lowest BCUT2D eigenvalue weighted by Gasteiger charge is -2.14. The first-order valence-corrected chi connectivity index (χ1v) is 11.4. The average Bonchev–Trinajstić information content (AvgIpc) is 3.50. The van der Waals surface area contributed by atoms with Crippen LogP contribution in [-0.2, 0) is 11.3 Å². The number of amides is 1. The summed E-state index contributed by atoms with van der Waals surface area (Å²) in [6.45, 7) is 2.36. The molecule has 3 heterocycles. The summed E-state index contributed by atoms with van der Waals surface area (Å²) in [5, 5.41) is 11.7. The van der Waals surface area contributed by atoms with Gasteiger partial charge < -0.3 is 14.8 Å². The normalized spacial score (nSPS) is 13.0. The van der Waals surface area contributed by atoms with Crippen LogP contribution in [0.4, 0.5) is 4.39 Å². The Hall–Kier alpha value is -3.92. The van der Waals surface area contributed by atoms with E-state index in [9.17, 15) is 9.18 Å². The van der Waals surface area contributed by atoms with E-state index in [2.05, 4.69) is 20.5 Å². The summed E-state index contributed by atoms with van der Waals surface area (Å²) in [4.78, 5) is 16.9. The number of carbonyl (C=O) groups is 1. The molecule has 5 rings (SSSR count). The van der Waals surface area contributed by atoms with Gasteiger partial charge in [-0.2, -0.15) is 0 Å². The largest absolute Gasteiger partial charge is 0.454 e. The van der Waals surface area contributed by atoms with E-state index in [0.29, 0.717) is 34.7 Å². The number of pyridine rings is 1. The zero-order valence-corrected chi connectivity index (χ0v) is 19.0. The van der Waals surface area contributed by atoms with Crippen molar-refractivity contribution in [3.63, 3.8) is 0 Å². The summed E-state index contributed by atoms with van der Waals surface area (Å²) in [7, 11) is 0. The van der Waals surface area contributed by atoms with Crippen LogP contribution in [0.5, 0.6) is 11.5 Å². The van der Waals surface area contributed by atoms with Crippen LogP contribution in [-0.4, -0.2) is 37.7 Å². The molecular formula is C24H20FN5O3S. The molecule has 0 fully saturated rings. The van der Waals surface area contributed by atoms with E-state index < -0.39 is 5.25 Å². The van der Waals surface area contributed by atoms with Gasteiger partial charge in [-0.15, -0.1) is 10.2 Å². The third-order valence-electron chi connectivity index (χ3n) is 5.21. The summed E-state index contributed by atoms with van der Waals surface area (Å²) in [5.74, 6) is 1.45. The molecule has 1 unspecified atom stereocenters. The van der Waals surface area contributed by atoms with Crippen molar-refractivity contribution in [2.24, 2.45) is 0 Å². The fourth-order valence-corrected chi connectivity index (χ4v) is 4.34. The number of ether oxygens (including phenoxy) is 2. The molecule has 0 radical (unpaired) electrons. The first-order valence-electron chi connectivity index (χ1n) is 10.5. The van der Waals surface area contributed by atoms with E-state index in [0.717, 1.165) is 11.1 Å². The SMILES string of the molecule is CC(Sc1nnc(-c2ccncc2)n1-c1ccc(F)cc1)C(=O)NCc1ccc2c(c1)OCO2. The van der Waals surface area contributed by atoms with Crippen LogP contribution in [0.3, 0.4) is 0 Å². The van der Waals surface area contributed by atoms with Crippen LogP contribution in [0.25, 0.3) is 17.1 Å². The van der Waals surface area contributed by atoms with Crippen LogP contribution in [0.1, 0.15) is 12.5 Å². The fourth-order valence-electron chi connectivity index (χ4n) is 3.45. The van der Waals surface area contributed by atoms with Gasteiger partial charge in [0.2, 0.25) is 12.7 Å². The number of rotatable bonds is 7. The molecule has 1 atom stereocenters. The van der Waals surface area contributed by atoms with Crippen LogP contribution < -0.4 is 14.8 Å². The van der Waals surface area contributed by atoms with E-state index in [1.54, 1.807) is 36.0 Å². The Kier molecular flexibility index (Phi) is 6.13. The third-order valence-corrected chi connectivity index (χ3v) is 6.25. The smallest absolute Gasteiger partial charge is 0.233 e. The maximum absolute atomic E-state index is 13.5. The van der Waals surface area contributed by atoms with Crippen LogP contribution in [0.2, 0.25) is 0 Å². The van der Waals surface area contributed by atoms with Gasteiger partial charge in [-0.1, -0.05) is 17.8 Å². The second-order valence-corrected chi connectivity index (χ2v) is 8.83. The maximum Gasteiger partial charge on any atom is 0.233 e. The minimum Gasteiger partial charge on any atom is -0.454 e. The second kappa shape index (κ2) is 9.52. The molecule has 8 nitrogen and oxygen atoms in total. The highest BCUT2D eigenvalue weighted by molar-refractivity contribution is 8.00. The molecule has 4 aromatic rings. The van der Waals surface area contributed by atoms with Crippen LogP contribution in [0, 0.1) is 5.82 Å². The summed E-state index contributed by atoms with van der Waals surface area (Å²) >= 11 is 1.27. The van der Waals surface area contributed by atoms with Crippen LogP contribution >= 0.6 is 11.8 Å². The quantitative estimate of drug-likeness (QED) is 0.403. The molecule has 0 saturated carbocycles. The Bertz CT molecular complexity index is 1310. The molecule has 1 amide bonds. The van der Waals surface area contributed by atoms with Gasteiger partial charge in [0.05, 0.1) is 5.25 Å². The number of nitrogens with zero attached hydrogens (tertiary/aromatic N) is 4. The molecule has 0 bridgehead atoms. The predicted octanol–water partition coefficient (Wildman–Crippen LogP) is 3.99. The third kappa shape index (κ3) is 4.58. The Balaban J connectivity index is 1.34. The Labute approximate surface area is 199 Å². The first-order chi connectivity index (χ1) is 16.6. The molecule has 1 aliphatic heterocycles. The second-order valence-electron chi connectivity index (χ2n) is 7.52. The standard InChI is InChI=1S/C24H20FN5O3S/c1-15(23(31)27-13-16-2-7-20-21(12-16)33-14-32-20)34-24-29-28-22(17-8-10-26-11-9-17)30(24)19-5-3-18(25)4-6-19/h2-12,15H,13-14H2,1H3,(H,27,31). The van der Waals surface area contributed by atoms with Gasteiger partial charge in [-0.25, -0.2) is 4.39 Å². The zero-order chi connectivity index (χ0) is 23.5. The van der Waals surface area contributed by atoms with Crippen molar-refractivity contribution in [2.45, 2.75) is 23.9 Å². The molecule has 172 valence electrons. The van der Waals surface area contributed by atoms with Crippen molar-refractivity contribution >= 4 is 17.7 Å². The van der Waals surface area contributed by atoms with E-state index in [1.807, 2.05) is 30.3 Å². The summed E-state index contributed by atoms with van der Waals surface area (Å²) in [6.07, 6.45) is 3.33. The van der Waals surface area contributed by atoms with Gasteiger partial charge >= 0.3 is 0 Å². The number of hydrogen-bond acceptors (Lipinski definition) is 7. The highest BCUT2D eigenvalue weighted by atomic mass is 32.2. The van der Waals surface area contributed by atoms with Crippen molar-refractivity contribution in [2.75, 3.05) is 6.79 Å². The Morgan fingerprint density at radius 3 is 2.65 bits per heavy atom. The van der Waals surface area contributed by atoms with E-state index in [-0.39, 0.29) is 18.5 Å². The molecule has 1 aliphatic rings. The lowest BCUT2D eigenvalue weighted by Crippen LogP contribution is -2.30. The molecule has 1 N–H and O–H groups in total. The van der Waals surface area contributed by atoms with Crippen molar-refractivity contribution in [3.8, 4) is 28.6 Å². The zero-order valence-electron chi connectivity index (χ0n) is 18.1. The van der Waals surface area contributed by atoms with Gasteiger partial charge in [0, 0.05) is 30.2 Å². The van der Waals surface area contributed by atoms with E-state index in [4.69, 9.17) is 9.47 Å². The van der Waals surface area contributed by atoms with Crippen molar-refractivity contribution < 1.29 is 18.7 Å². The van der Waals surface area contributed by atoms with Gasteiger partial charge in [0.25, 0.3) is 0 Å². The van der Waals surface area contributed by atoms with Crippen molar-refractivity contribution in [1.82, 2.24) is 25.1 Å². The molecule has 2 aromatic heterocycles. The highest BCUT2D eigenvalue weighted by Crippen LogP contribution is 2.33. The minimum absolute atomic E-state index is 0.151. The number of fused-ring (bicyclic) bond motifs is 1. The van der Waals surface area contributed by atoms with Gasteiger partial charge in [0.15, 0.2) is 22.5 Å². The minimum atomic E-state index is -0.456. The number of carbonyl (C=O) groups excluding carboxylic acids is 1. The Morgan fingerprint density at radius 2 is 1.85 bits per heavy atom. The molecular weight excluding hydrogens is 457 g/mol. The maximum atomic E-state index is 13.5. The summed E-state index contributed by atoms with van der Waals surface area (Å²) in [5.41, 5.74) is 2.40. The average molecular weight is 478 g/mol. The lowest BCUT2D eigenvalue weighted by molar-refractivity contribution is -0.120. The highest BCUT2D eigenvalue weighted by Gasteiger charge is 2.22. The molecule has 34 heavy (non-hydrogen) atoms. The Morgan fingerprint density at radius 1 is 1.09 bits per heavy atom. The van der Waals surface area contributed by atoms with Crippen molar-refractivity contribution in [1.29, 1.82) is 0 Å². The number of halogens is 1. The number of benzene rings is 2. The molecule has 0 aliphatic carbocycles. The van der Waals surface area contributed by atoms with Crippen LogP contribution in [0.15, 0.2) is 72.1 Å². The number of aromatic nitrogens is 4. The number of nitrogens with one attached hydrogen (secondary N) is 1. The summed E-state index contributed by atoms with van der Waals surface area (Å²) < 4.78 is 26.1. The van der Waals surface area contributed by atoms with Gasteiger partial charge in [-0.3, -0.25) is 14.3 Å². The first kappa shape index (κ1) is 21.9. The monoisotopic (exact) mass is 477 g/mol. The van der Waals surface area contributed by atoms with E-state index in [1.165, 1.54) is 23.9 Å². The predicted molar refractivity (Wildman–Crippen MR) is 124 cm³/mol. The van der Waals surface area contributed by atoms with Gasteiger partial charge in [-0.05, 0) is 61.0 Å². The number of thioether (sulfide) groups is 1. The lowest BCUT2D eigenvalue weighted by atomic mass is 10.2. The van der Waals surface area contributed by atoms with Crippen molar-refractivity contribution in [3.05, 3.63) is 78.4 Å². The molecule has 10 heteroatoms. The number of hydrogen-bond donors (Lipinski definition) is 1.